The average molecular weight is 358 g/mol. The molecule has 3 rings (SSSR count). The summed E-state index contributed by atoms with van der Waals surface area (Å²) >= 11 is 0. The summed E-state index contributed by atoms with van der Waals surface area (Å²) < 4.78 is 18.8. The molecule has 1 aliphatic rings. The van der Waals surface area contributed by atoms with Crippen molar-refractivity contribution in [2.24, 2.45) is 0 Å². The third-order valence-electron chi connectivity index (χ3n) is 4.26. The van der Waals surface area contributed by atoms with Gasteiger partial charge in [0.05, 0.1) is 6.61 Å². The zero-order chi connectivity index (χ0) is 18.2. The van der Waals surface area contributed by atoms with Crippen LogP contribution in [0.2, 0.25) is 0 Å². The van der Waals surface area contributed by atoms with Crippen molar-refractivity contribution >= 4 is 11.9 Å². The number of ether oxygens (including phenoxy) is 1. The van der Waals surface area contributed by atoms with Crippen molar-refractivity contribution in [3.8, 4) is 5.75 Å². The van der Waals surface area contributed by atoms with E-state index < -0.39 is 0 Å². The molecule has 2 heterocycles. The van der Waals surface area contributed by atoms with E-state index in [0.717, 1.165) is 19.4 Å². The fourth-order valence-electron chi connectivity index (χ4n) is 3.01. The maximum absolute atomic E-state index is 13.4. The molecule has 1 atom stereocenters. The van der Waals surface area contributed by atoms with Gasteiger partial charge in [-0.05, 0) is 37.5 Å². The second-order valence-electron chi connectivity index (χ2n) is 6.28. The molecule has 6 nitrogen and oxygen atoms in total. The Hall–Kier alpha value is -2.70. The number of carbonyl (C=O) groups is 1. The van der Waals surface area contributed by atoms with Crippen LogP contribution in [0.25, 0.3) is 0 Å². The number of benzene rings is 1. The Morgan fingerprint density at radius 2 is 2.08 bits per heavy atom. The van der Waals surface area contributed by atoms with E-state index in [2.05, 4.69) is 20.2 Å². The van der Waals surface area contributed by atoms with Gasteiger partial charge < -0.3 is 15.0 Å². The molecule has 1 aromatic heterocycles. The fraction of sp³-hybridized carbons (Fsp3) is 0.421. The van der Waals surface area contributed by atoms with E-state index >= 15 is 0 Å². The molecule has 7 heteroatoms. The molecule has 0 bridgehead atoms. The highest BCUT2D eigenvalue weighted by Crippen LogP contribution is 2.16. The van der Waals surface area contributed by atoms with Crippen LogP contribution in [0.1, 0.15) is 25.7 Å². The van der Waals surface area contributed by atoms with Crippen LogP contribution < -0.4 is 15.0 Å². The van der Waals surface area contributed by atoms with Crippen LogP contribution in [0, 0.1) is 5.82 Å². The molecule has 1 unspecified atom stereocenters. The van der Waals surface area contributed by atoms with Gasteiger partial charge in [-0.2, -0.15) is 0 Å². The van der Waals surface area contributed by atoms with E-state index in [1.807, 2.05) is 0 Å². The number of carbonyl (C=O) groups excluding carboxylic acids is 1. The number of piperidine rings is 1. The van der Waals surface area contributed by atoms with Crippen molar-refractivity contribution in [3.05, 3.63) is 48.5 Å². The number of para-hydroxylation sites is 1. The van der Waals surface area contributed by atoms with Gasteiger partial charge in [0.15, 0.2) is 11.6 Å². The Bertz CT molecular complexity index is 714. The van der Waals surface area contributed by atoms with E-state index in [1.165, 1.54) is 6.07 Å². The minimum Gasteiger partial charge on any atom is -0.491 e. The zero-order valence-corrected chi connectivity index (χ0v) is 14.6. The third kappa shape index (κ3) is 5.15. The SMILES string of the molecule is O=C(CCCOc1ccccc1F)NC1CCCN(c2ncccn2)C1. The molecular formula is C19H23FN4O2. The van der Waals surface area contributed by atoms with Gasteiger partial charge >= 0.3 is 0 Å². The molecule has 2 aromatic rings. The summed E-state index contributed by atoms with van der Waals surface area (Å²) in [6, 6.07) is 8.15. The van der Waals surface area contributed by atoms with Crippen LogP contribution in [-0.2, 0) is 4.79 Å². The van der Waals surface area contributed by atoms with Gasteiger partial charge in [-0.25, -0.2) is 14.4 Å². The summed E-state index contributed by atoms with van der Waals surface area (Å²) in [6.45, 7) is 1.91. The zero-order valence-electron chi connectivity index (χ0n) is 14.6. The molecule has 138 valence electrons. The molecule has 1 N–H and O–H groups in total. The Kier molecular flexibility index (Phi) is 6.35. The van der Waals surface area contributed by atoms with Gasteiger partial charge in [0.1, 0.15) is 0 Å². The molecule has 0 radical (unpaired) electrons. The molecule has 1 fully saturated rings. The van der Waals surface area contributed by atoms with Crippen LogP contribution in [0.3, 0.4) is 0 Å². The van der Waals surface area contributed by atoms with E-state index in [0.29, 0.717) is 31.9 Å². The van der Waals surface area contributed by atoms with E-state index in [4.69, 9.17) is 4.74 Å². The summed E-state index contributed by atoms with van der Waals surface area (Å²) in [6.07, 6.45) is 6.27. The van der Waals surface area contributed by atoms with Crippen molar-refractivity contribution in [1.82, 2.24) is 15.3 Å². The van der Waals surface area contributed by atoms with Crippen LogP contribution in [0.15, 0.2) is 42.7 Å². The molecule has 1 saturated heterocycles. The lowest BCUT2D eigenvalue weighted by Crippen LogP contribution is -2.48. The number of anilines is 1. The second kappa shape index (κ2) is 9.12. The molecule has 26 heavy (non-hydrogen) atoms. The molecule has 0 saturated carbocycles. The molecule has 1 aromatic carbocycles. The van der Waals surface area contributed by atoms with E-state index in [9.17, 15) is 9.18 Å². The van der Waals surface area contributed by atoms with Crippen molar-refractivity contribution in [2.75, 3.05) is 24.6 Å². The van der Waals surface area contributed by atoms with Gasteiger partial charge in [0.2, 0.25) is 11.9 Å². The number of nitrogens with zero attached hydrogens (tertiary/aromatic N) is 3. The predicted molar refractivity (Wildman–Crippen MR) is 96.5 cm³/mol. The van der Waals surface area contributed by atoms with Crippen molar-refractivity contribution < 1.29 is 13.9 Å². The van der Waals surface area contributed by atoms with Crippen LogP contribution in [-0.4, -0.2) is 41.6 Å². The number of halogens is 1. The van der Waals surface area contributed by atoms with Crippen LogP contribution >= 0.6 is 0 Å². The standard InChI is InChI=1S/C19H23FN4O2/c20-16-7-1-2-8-17(16)26-13-4-9-18(25)23-15-6-3-12-24(14-15)19-21-10-5-11-22-19/h1-2,5,7-8,10-11,15H,3-4,6,9,12-14H2,(H,23,25). The number of hydrogen-bond donors (Lipinski definition) is 1. The molecular weight excluding hydrogens is 335 g/mol. The first-order chi connectivity index (χ1) is 12.7. The second-order valence-corrected chi connectivity index (χ2v) is 6.28. The number of hydrogen-bond acceptors (Lipinski definition) is 5. The number of rotatable bonds is 7. The minimum absolute atomic E-state index is 0.0111. The van der Waals surface area contributed by atoms with E-state index in [1.54, 1.807) is 36.7 Å². The molecule has 1 amide bonds. The lowest BCUT2D eigenvalue weighted by molar-refractivity contribution is -0.122. The Balaban J connectivity index is 1.38. The van der Waals surface area contributed by atoms with Gasteiger partial charge in [0, 0.05) is 37.9 Å². The molecule has 1 aliphatic heterocycles. The maximum atomic E-state index is 13.4. The van der Waals surface area contributed by atoms with Gasteiger partial charge in [-0.3, -0.25) is 4.79 Å². The summed E-state index contributed by atoms with van der Waals surface area (Å²) in [5.41, 5.74) is 0. The van der Waals surface area contributed by atoms with Crippen LogP contribution in [0.4, 0.5) is 10.3 Å². The smallest absolute Gasteiger partial charge is 0.225 e. The molecule has 0 aliphatic carbocycles. The Labute approximate surface area is 152 Å². The first-order valence-electron chi connectivity index (χ1n) is 8.91. The summed E-state index contributed by atoms with van der Waals surface area (Å²) in [4.78, 5) is 22.8. The lowest BCUT2D eigenvalue weighted by atomic mass is 10.1. The first-order valence-corrected chi connectivity index (χ1v) is 8.91. The fourth-order valence-corrected chi connectivity index (χ4v) is 3.01. The minimum atomic E-state index is -0.387. The third-order valence-corrected chi connectivity index (χ3v) is 4.26. The first kappa shape index (κ1) is 18.1. The summed E-state index contributed by atoms with van der Waals surface area (Å²) in [5.74, 6) is 0.522. The molecule has 0 spiro atoms. The van der Waals surface area contributed by atoms with Crippen molar-refractivity contribution in [1.29, 1.82) is 0 Å². The monoisotopic (exact) mass is 358 g/mol. The Morgan fingerprint density at radius 1 is 1.27 bits per heavy atom. The van der Waals surface area contributed by atoms with E-state index in [-0.39, 0.29) is 23.5 Å². The predicted octanol–water partition coefficient (Wildman–Crippen LogP) is 2.56. The largest absolute Gasteiger partial charge is 0.491 e. The number of amides is 1. The number of aromatic nitrogens is 2. The van der Waals surface area contributed by atoms with Gasteiger partial charge in [-0.15, -0.1) is 0 Å². The lowest BCUT2D eigenvalue weighted by Gasteiger charge is -2.33. The average Bonchev–Trinajstić information content (AvgIpc) is 2.67. The van der Waals surface area contributed by atoms with Gasteiger partial charge in [0.25, 0.3) is 0 Å². The van der Waals surface area contributed by atoms with Crippen molar-refractivity contribution in [2.45, 2.75) is 31.7 Å². The van der Waals surface area contributed by atoms with Crippen LogP contribution in [0.5, 0.6) is 5.75 Å². The van der Waals surface area contributed by atoms with Gasteiger partial charge in [-0.1, -0.05) is 12.1 Å². The highest BCUT2D eigenvalue weighted by Gasteiger charge is 2.22. The van der Waals surface area contributed by atoms with Crippen molar-refractivity contribution in [3.63, 3.8) is 0 Å². The summed E-state index contributed by atoms with van der Waals surface area (Å²) in [7, 11) is 0. The quantitative estimate of drug-likeness (QED) is 0.771. The topological polar surface area (TPSA) is 67.3 Å². The number of nitrogens with one attached hydrogen (secondary N) is 1. The summed E-state index contributed by atoms with van der Waals surface area (Å²) in [5, 5.41) is 3.06. The highest BCUT2D eigenvalue weighted by atomic mass is 19.1. The Morgan fingerprint density at radius 3 is 2.88 bits per heavy atom. The highest BCUT2D eigenvalue weighted by molar-refractivity contribution is 5.76. The normalized spacial score (nSPS) is 17.0. The maximum Gasteiger partial charge on any atom is 0.225 e.